The van der Waals surface area contributed by atoms with E-state index in [1.165, 1.54) is 122 Å². The Balaban J connectivity index is 3.87. The molecule has 5 nitrogen and oxygen atoms in total. The van der Waals surface area contributed by atoms with Crippen LogP contribution in [0.1, 0.15) is 206 Å². The van der Waals surface area contributed by atoms with Crippen LogP contribution < -0.4 is 0 Å². The summed E-state index contributed by atoms with van der Waals surface area (Å²) in [5, 5.41) is 8.71. The van der Waals surface area contributed by atoms with Crippen molar-refractivity contribution in [3.63, 3.8) is 0 Å². The molecule has 0 rings (SSSR count). The van der Waals surface area contributed by atoms with Crippen molar-refractivity contribution >= 4 is 11.9 Å². The summed E-state index contributed by atoms with van der Waals surface area (Å²) in [6.07, 6.45) is 34.8. The van der Waals surface area contributed by atoms with Crippen LogP contribution in [0.2, 0.25) is 0 Å². The first kappa shape index (κ1) is 40.9. The molecule has 0 saturated heterocycles. The van der Waals surface area contributed by atoms with Crippen molar-refractivity contribution in [1.82, 2.24) is 0 Å². The zero-order valence-corrected chi connectivity index (χ0v) is 28.4. The molecule has 0 aliphatic rings. The van der Waals surface area contributed by atoms with Gasteiger partial charge in [-0.15, -0.1) is 0 Å². The quantitative estimate of drug-likeness (QED) is 0.0591. The summed E-state index contributed by atoms with van der Waals surface area (Å²) in [5.74, 6) is -0.670. The van der Waals surface area contributed by atoms with Gasteiger partial charge in [-0.05, 0) is 51.4 Å². The zero-order chi connectivity index (χ0) is 30.9. The molecule has 0 aliphatic heterocycles. The molecular weight excluding hydrogens is 524 g/mol. The van der Waals surface area contributed by atoms with Crippen LogP contribution in [0, 0.1) is 0 Å². The summed E-state index contributed by atoms with van der Waals surface area (Å²) in [4.78, 5) is 23.1. The van der Waals surface area contributed by atoms with Crippen molar-refractivity contribution in [2.75, 3.05) is 7.11 Å². The van der Waals surface area contributed by atoms with Gasteiger partial charge in [-0.25, -0.2) is 0 Å². The molecule has 42 heavy (non-hydrogen) atoms. The van der Waals surface area contributed by atoms with E-state index in [-0.39, 0.29) is 12.1 Å². The van der Waals surface area contributed by atoms with Crippen LogP contribution in [0.3, 0.4) is 0 Å². The average Bonchev–Trinajstić information content (AvgIpc) is 2.97. The normalized spacial score (nSPS) is 12.8. The fraction of sp³-hybridized carbons (Fsp3) is 0.946. The van der Waals surface area contributed by atoms with Crippen molar-refractivity contribution in [2.45, 2.75) is 219 Å². The number of rotatable bonds is 34. The largest absolute Gasteiger partial charge is 0.481 e. The minimum Gasteiger partial charge on any atom is -0.481 e. The maximum atomic E-state index is 12.6. The maximum absolute atomic E-state index is 12.6. The van der Waals surface area contributed by atoms with Gasteiger partial charge in [0.1, 0.15) is 6.10 Å². The highest BCUT2D eigenvalue weighted by molar-refractivity contribution is 5.69. The van der Waals surface area contributed by atoms with E-state index in [1.54, 1.807) is 0 Å². The van der Waals surface area contributed by atoms with Gasteiger partial charge >= 0.3 is 11.9 Å². The summed E-state index contributed by atoms with van der Waals surface area (Å²) in [7, 11) is 1.87. The molecule has 0 radical (unpaired) electrons. The molecule has 0 spiro atoms. The molecule has 0 saturated carbocycles. The van der Waals surface area contributed by atoms with Gasteiger partial charge in [-0.1, -0.05) is 142 Å². The fourth-order valence-corrected chi connectivity index (χ4v) is 5.90. The summed E-state index contributed by atoms with van der Waals surface area (Å²) < 4.78 is 11.6. The number of unbranched alkanes of at least 4 members (excludes halogenated alkanes) is 20. The Hall–Kier alpha value is -1.10. The minimum absolute atomic E-state index is 0.0132. The molecule has 0 aromatic rings. The number of carboxylic acids is 1. The lowest BCUT2D eigenvalue weighted by Gasteiger charge is -2.18. The Labute approximate surface area is 261 Å². The molecule has 2 atom stereocenters. The number of ether oxygens (including phenoxy) is 2. The number of hydrogen-bond donors (Lipinski definition) is 1. The van der Waals surface area contributed by atoms with Gasteiger partial charge in [-0.3, -0.25) is 9.59 Å². The molecule has 0 aliphatic carbocycles. The second kappa shape index (κ2) is 32.8. The number of carbonyl (C=O) groups excluding carboxylic acids is 1. The molecule has 0 amide bonds. The lowest BCUT2D eigenvalue weighted by atomic mass is 10.0. The number of aliphatic carboxylic acids is 1. The number of methoxy groups -OCH3 is 1. The van der Waals surface area contributed by atoms with E-state index in [2.05, 4.69) is 13.8 Å². The summed E-state index contributed by atoms with van der Waals surface area (Å²) in [6.45, 7) is 4.50. The molecule has 1 N–H and O–H groups in total. The van der Waals surface area contributed by atoms with E-state index >= 15 is 0 Å². The van der Waals surface area contributed by atoms with Crippen molar-refractivity contribution in [2.24, 2.45) is 0 Å². The predicted octanol–water partition coefficient (Wildman–Crippen LogP) is 11.7. The van der Waals surface area contributed by atoms with Crippen molar-refractivity contribution in [3.05, 3.63) is 0 Å². The van der Waals surface area contributed by atoms with E-state index in [0.29, 0.717) is 18.9 Å². The van der Waals surface area contributed by atoms with Crippen molar-refractivity contribution in [3.8, 4) is 0 Å². The van der Waals surface area contributed by atoms with Gasteiger partial charge in [0.05, 0.1) is 6.10 Å². The SMILES string of the molecule is CCCCCCC(CCCCCCCCCCC(=O)OC(CCCCCC)CCCCCCCCCCC(=O)O)OC. The number of hydrogen-bond acceptors (Lipinski definition) is 4. The zero-order valence-electron chi connectivity index (χ0n) is 28.4. The Morgan fingerprint density at radius 1 is 0.476 bits per heavy atom. The minimum atomic E-state index is -0.684. The fourth-order valence-electron chi connectivity index (χ4n) is 5.90. The molecule has 2 unspecified atom stereocenters. The van der Waals surface area contributed by atoms with Crippen LogP contribution in [-0.4, -0.2) is 36.4 Å². The number of esters is 1. The van der Waals surface area contributed by atoms with Crippen molar-refractivity contribution < 1.29 is 24.2 Å². The third kappa shape index (κ3) is 30.4. The van der Waals surface area contributed by atoms with Crippen molar-refractivity contribution in [1.29, 1.82) is 0 Å². The molecule has 0 aromatic heterocycles. The van der Waals surface area contributed by atoms with Crippen LogP contribution in [0.5, 0.6) is 0 Å². The summed E-state index contributed by atoms with van der Waals surface area (Å²) >= 11 is 0. The third-order valence-electron chi connectivity index (χ3n) is 8.71. The second-order valence-corrected chi connectivity index (χ2v) is 12.8. The Morgan fingerprint density at radius 2 is 0.810 bits per heavy atom. The Morgan fingerprint density at radius 3 is 1.19 bits per heavy atom. The third-order valence-corrected chi connectivity index (χ3v) is 8.71. The first-order chi connectivity index (χ1) is 20.5. The van der Waals surface area contributed by atoms with Gasteiger partial charge in [0.25, 0.3) is 0 Å². The first-order valence-electron chi connectivity index (χ1n) is 18.5. The summed E-state index contributed by atoms with van der Waals surface area (Å²) in [5.41, 5.74) is 0. The van der Waals surface area contributed by atoms with Crippen LogP contribution >= 0.6 is 0 Å². The highest BCUT2D eigenvalue weighted by atomic mass is 16.5. The topological polar surface area (TPSA) is 72.8 Å². The van der Waals surface area contributed by atoms with E-state index in [4.69, 9.17) is 14.6 Å². The number of carboxylic acid groups (broad SMARTS) is 1. The van der Waals surface area contributed by atoms with Crippen LogP contribution in [0.25, 0.3) is 0 Å². The molecule has 0 fully saturated rings. The van der Waals surface area contributed by atoms with Crippen LogP contribution in [0.15, 0.2) is 0 Å². The van der Waals surface area contributed by atoms with E-state index in [1.807, 2.05) is 7.11 Å². The monoisotopic (exact) mass is 597 g/mol. The highest BCUT2D eigenvalue weighted by Crippen LogP contribution is 2.19. The Kier molecular flexibility index (Phi) is 31.9. The summed E-state index contributed by atoms with van der Waals surface area (Å²) in [6, 6.07) is 0. The number of carbonyl (C=O) groups is 2. The molecule has 250 valence electrons. The first-order valence-corrected chi connectivity index (χ1v) is 18.5. The van der Waals surface area contributed by atoms with Gasteiger partial charge in [0, 0.05) is 20.0 Å². The van der Waals surface area contributed by atoms with Gasteiger partial charge in [-0.2, -0.15) is 0 Å². The predicted molar refractivity (Wildman–Crippen MR) is 178 cm³/mol. The van der Waals surface area contributed by atoms with Crippen LogP contribution in [-0.2, 0) is 19.1 Å². The molecule has 0 aromatic carbocycles. The Bertz CT molecular complexity index is 579. The average molecular weight is 597 g/mol. The van der Waals surface area contributed by atoms with Gasteiger partial charge in [0.15, 0.2) is 0 Å². The van der Waals surface area contributed by atoms with Gasteiger partial charge < -0.3 is 14.6 Å². The second-order valence-electron chi connectivity index (χ2n) is 12.8. The van der Waals surface area contributed by atoms with E-state index in [0.717, 1.165) is 57.8 Å². The highest BCUT2D eigenvalue weighted by Gasteiger charge is 2.14. The molecule has 0 heterocycles. The lowest BCUT2D eigenvalue weighted by molar-refractivity contribution is -0.150. The maximum Gasteiger partial charge on any atom is 0.306 e. The van der Waals surface area contributed by atoms with E-state index < -0.39 is 5.97 Å². The molecule has 5 heteroatoms. The smallest absolute Gasteiger partial charge is 0.306 e. The molecular formula is C37H72O5. The van der Waals surface area contributed by atoms with Crippen LogP contribution in [0.4, 0.5) is 0 Å². The molecule has 0 bridgehead atoms. The van der Waals surface area contributed by atoms with Gasteiger partial charge in [0.2, 0.25) is 0 Å². The lowest BCUT2D eigenvalue weighted by Crippen LogP contribution is -2.18. The standard InChI is InChI=1S/C37H72O5/c1-4-6-8-22-28-34(41-3)29-24-18-14-11-13-17-21-27-33-37(40)42-35(30-23-9-7-5-2)31-25-19-15-10-12-16-20-26-32-36(38)39/h34-35H,4-33H2,1-3H3,(H,38,39). The van der Waals surface area contributed by atoms with E-state index in [9.17, 15) is 9.59 Å².